The summed E-state index contributed by atoms with van der Waals surface area (Å²) in [5.74, 6) is -0.192. The Hall–Kier alpha value is -0.410. The monoisotopic (exact) mass is 257 g/mol. The van der Waals surface area contributed by atoms with Gasteiger partial charge in [0.25, 0.3) is 0 Å². The predicted octanol–water partition coefficient (Wildman–Crippen LogP) is 2.97. The van der Waals surface area contributed by atoms with Crippen molar-refractivity contribution in [1.29, 1.82) is 0 Å². The van der Waals surface area contributed by atoms with Crippen molar-refractivity contribution in [2.75, 3.05) is 6.54 Å². The summed E-state index contributed by atoms with van der Waals surface area (Å²) < 4.78 is 13.8. The highest BCUT2D eigenvalue weighted by Crippen LogP contribution is 2.43. The number of hydrogen-bond acceptors (Lipinski definition) is 1. The van der Waals surface area contributed by atoms with Crippen LogP contribution >= 0.6 is 15.9 Å². The van der Waals surface area contributed by atoms with E-state index in [0.29, 0.717) is 11.0 Å². The largest absolute Gasteiger partial charge is 0.330 e. The van der Waals surface area contributed by atoms with Gasteiger partial charge in [-0.05, 0) is 46.5 Å². The average molecular weight is 258 g/mol. The smallest absolute Gasteiger partial charge is 0.137 e. The van der Waals surface area contributed by atoms with Gasteiger partial charge in [0.2, 0.25) is 0 Å². The first-order valence-corrected chi connectivity index (χ1v) is 5.63. The van der Waals surface area contributed by atoms with E-state index in [2.05, 4.69) is 15.9 Å². The maximum Gasteiger partial charge on any atom is 0.137 e. The molecule has 14 heavy (non-hydrogen) atoms. The van der Waals surface area contributed by atoms with Gasteiger partial charge in [-0.2, -0.15) is 0 Å². The fraction of sp³-hybridized carbons (Fsp3) is 0.455. The molecule has 2 N–H and O–H groups in total. The van der Waals surface area contributed by atoms with Crippen LogP contribution in [0.1, 0.15) is 24.8 Å². The molecule has 0 amide bonds. The van der Waals surface area contributed by atoms with E-state index in [0.717, 1.165) is 18.4 Å². The van der Waals surface area contributed by atoms with Crippen molar-refractivity contribution in [3.8, 4) is 0 Å². The Morgan fingerprint density at radius 2 is 2.14 bits per heavy atom. The third-order valence-corrected chi connectivity index (χ3v) is 3.88. The Morgan fingerprint density at radius 3 is 2.57 bits per heavy atom. The molecule has 0 atom stereocenters. The second-order valence-electron chi connectivity index (χ2n) is 3.97. The highest BCUT2D eigenvalue weighted by atomic mass is 79.9. The SMILES string of the molecule is NCC1(c2ccc(Br)c(F)c2)CCC1. The van der Waals surface area contributed by atoms with Crippen LogP contribution in [0, 0.1) is 5.82 Å². The predicted molar refractivity (Wildman–Crippen MR) is 58.7 cm³/mol. The number of benzene rings is 1. The first kappa shape index (κ1) is 10.1. The van der Waals surface area contributed by atoms with Crippen LogP contribution in [-0.4, -0.2) is 6.54 Å². The standard InChI is InChI=1S/C11H13BrFN/c12-9-3-2-8(6-10(9)13)11(7-14)4-1-5-11/h2-3,6H,1,4-5,7,14H2. The van der Waals surface area contributed by atoms with Crippen molar-refractivity contribution in [2.45, 2.75) is 24.7 Å². The van der Waals surface area contributed by atoms with Crippen molar-refractivity contribution < 1.29 is 4.39 Å². The van der Waals surface area contributed by atoms with E-state index in [9.17, 15) is 4.39 Å². The maximum atomic E-state index is 13.3. The Morgan fingerprint density at radius 1 is 1.43 bits per heavy atom. The van der Waals surface area contributed by atoms with Gasteiger partial charge in [-0.3, -0.25) is 0 Å². The summed E-state index contributed by atoms with van der Waals surface area (Å²) in [5, 5.41) is 0. The molecule has 0 aromatic heterocycles. The third kappa shape index (κ3) is 1.48. The minimum absolute atomic E-state index is 0.0571. The van der Waals surface area contributed by atoms with Crippen LogP contribution in [0.4, 0.5) is 4.39 Å². The molecule has 0 spiro atoms. The zero-order valence-corrected chi connectivity index (χ0v) is 9.48. The molecule has 1 aliphatic carbocycles. The molecule has 1 nitrogen and oxygen atoms in total. The molecule has 1 aromatic rings. The van der Waals surface area contributed by atoms with Crippen LogP contribution in [0.3, 0.4) is 0 Å². The zero-order chi connectivity index (χ0) is 10.2. The van der Waals surface area contributed by atoms with E-state index >= 15 is 0 Å². The lowest BCUT2D eigenvalue weighted by atomic mass is 9.64. The van der Waals surface area contributed by atoms with Crippen molar-refractivity contribution in [1.82, 2.24) is 0 Å². The summed E-state index contributed by atoms with van der Waals surface area (Å²) in [6.07, 6.45) is 3.38. The molecule has 0 bridgehead atoms. The highest BCUT2D eigenvalue weighted by molar-refractivity contribution is 9.10. The van der Waals surface area contributed by atoms with Crippen LogP contribution < -0.4 is 5.73 Å². The Labute approximate surface area is 91.6 Å². The van der Waals surface area contributed by atoms with Gasteiger partial charge in [-0.15, -0.1) is 0 Å². The van der Waals surface area contributed by atoms with Gasteiger partial charge < -0.3 is 5.73 Å². The van der Waals surface area contributed by atoms with Crippen LogP contribution in [0.5, 0.6) is 0 Å². The molecule has 2 rings (SSSR count). The van der Waals surface area contributed by atoms with Crippen LogP contribution in [-0.2, 0) is 5.41 Å². The zero-order valence-electron chi connectivity index (χ0n) is 7.89. The van der Waals surface area contributed by atoms with Gasteiger partial charge in [-0.1, -0.05) is 12.5 Å². The van der Waals surface area contributed by atoms with Crippen molar-refractivity contribution in [3.05, 3.63) is 34.1 Å². The average Bonchev–Trinajstić information content (AvgIpc) is 2.10. The van der Waals surface area contributed by atoms with Crippen LogP contribution in [0.25, 0.3) is 0 Å². The molecule has 0 unspecified atom stereocenters. The minimum atomic E-state index is -0.192. The van der Waals surface area contributed by atoms with E-state index in [1.807, 2.05) is 6.07 Å². The molecule has 1 aliphatic rings. The maximum absolute atomic E-state index is 13.3. The lowest BCUT2D eigenvalue weighted by Gasteiger charge is -2.41. The van der Waals surface area contributed by atoms with E-state index in [1.54, 1.807) is 12.1 Å². The van der Waals surface area contributed by atoms with Crippen molar-refractivity contribution in [3.63, 3.8) is 0 Å². The fourth-order valence-electron chi connectivity index (χ4n) is 2.04. The Kier molecular flexibility index (Phi) is 2.62. The van der Waals surface area contributed by atoms with Crippen LogP contribution in [0.2, 0.25) is 0 Å². The normalized spacial score (nSPS) is 19.1. The highest BCUT2D eigenvalue weighted by Gasteiger charge is 2.37. The lowest BCUT2D eigenvalue weighted by molar-refractivity contribution is 0.252. The first-order chi connectivity index (χ1) is 6.68. The number of halogens is 2. The van der Waals surface area contributed by atoms with Gasteiger partial charge >= 0.3 is 0 Å². The summed E-state index contributed by atoms with van der Waals surface area (Å²) in [7, 11) is 0. The van der Waals surface area contributed by atoms with Gasteiger partial charge in [-0.25, -0.2) is 4.39 Å². The van der Waals surface area contributed by atoms with E-state index in [1.165, 1.54) is 6.42 Å². The molecular weight excluding hydrogens is 245 g/mol. The summed E-state index contributed by atoms with van der Waals surface area (Å²) in [4.78, 5) is 0. The Bertz CT molecular complexity index is 342. The molecule has 0 aliphatic heterocycles. The minimum Gasteiger partial charge on any atom is -0.330 e. The molecule has 76 valence electrons. The van der Waals surface area contributed by atoms with Gasteiger partial charge in [0, 0.05) is 12.0 Å². The van der Waals surface area contributed by atoms with E-state index in [4.69, 9.17) is 5.73 Å². The molecular formula is C11H13BrFN. The van der Waals surface area contributed by atoms with E-state index in [-0.39, 0.29) is 11.2 Å². The first-order valence-electron chi connectivity index (χ1n) is 4.83. The number of nitrogens with two attached hydrogens (primary N) is 1. The number of hydrogen-bond donors (Lipinski definition) is 1. The van der Waals surface area contributed by atoms with Crippen LogP contribution in [0.15, 0.2) is 22.7 Å². The van der Waals surface area contributed by atoms with Crippen molar-refractivity contribution in [2.24, 2.45) is 5.73 Å². The topological polar surface area (TPSA) is 26.0 Å². The fourth-order valence-corrected chi connectivity index (χ4v) is 2.29. The summed E-state index contributed by atoms with van der Waals surface area (Å²) in [5.41, 5.74) is 6.86. The third-order valence-electron chi connectivity index (χ3n) is 3.23. The molecule has 1 fully saturated rings. The van der Waals surface area contributed by atoms with E-state index < -0.39 is 0 Å². The molecule has 0 saturated heterocycles. The number of rotatable bonds is 2. The second kappa shape index (κ2) is 3.63. The molecule has 1 aromatic carbocycles. The summed E-state index contributed by atoms with van der Waals surface area (Å²) in [6.45, 7) is 0.619. The quantitative estimate of drug-likeness (QED) is 0.867. The molecule has 0 heterocycles. The Balaban J connectivity index is 2.36. The van der Waals surface area contributed by atoms with Gasteiger partial charge in [0.05, 0.1) is 4.47 Å². The summed E-state index contributed by atoms with van der Waals surface area (Å²) in [6, 6.07) is 5.34. The molecule has 1 saturated carbocycles. The molecule has 3 heteroatoms. The molecule has 0 radical (unpaired) electrons. The second-order valence-corrected chi connectivity index (χ2v) is 4.82. The van der Waals surface area contributed by atoms with Crippen molar-refractivity contribution >= 4 is 15.9 Å². The van der Waals surface area contributed by atoms with Gasteiger partial charge in [0.1, 0.15) is 5.82 Å². The van der Waals surface area contributed by atoms with Gasteiger partial charge in [0.15, 0.2) is 0 Å². The summed E-state index contributed by atoms with van der Waals surface area (Å²) >= 11 is 3.15. The lowest BCUT2D eigenvalue weighted by Crippen LogP contribution is -2.41.